The van der Waals surface area contributed by atoms with Gasteiger partial charge in [-0.2, -0.15) is 0 Å². The van der Waals surface area contributed by atoms with E-state index >= 15 is 0 Å². The van der Waals surface area contributed by atoms with E-state index in [2.05, 4.69) is 198 Å². The topological polar surface area (TPSA) is 55.6 Å². The van der Waals surface area contributed by atoms with Crippen LogP contribution in [0.5, 0.6) is 0 Å². The summed E-state index contributed by atoms with van der Waals surface area (Å²) in [6.45, 7) is 0.545. The minimum Gasteiger partial charge on any atom is -0.367 e. The van der Waals surface area contributed by atoms with Gasteiger partial charge in [-0.25, -0.2) is 15.0 Å². The van der Waals surface area contributed by atoms with Gasteiger partial charge in [0.1, 0.15) is 5.82 Å². The van der Waals surface area contributed by atoms with Gasteiger partial charge < -0.3 is 5.32 Å². The molecule has 0 bridgehead atoms. The highest BCUT2D eigenvalue weighted by Crippen LogP contribution is 2.57. The van der Waals surface area contributed by atoms with E-state index in [0.29, 0.717) is 24.0 Å². The summed E-state index contributed by atoms with van der Waals surface area (Å²) in [7, 11) is 0. The van der Waals surface area contributed by atoms with Crippen molar-refractivity contribution in [2.75, 3.05) is 6.54 Å². The van der Waals surface area contributed by atoms with Crippen molar-refractivity contribution in [2.45, 2.75) is 5.41 Å². The van der Waals surface area contributed by atoms with Crippen LogP contribution in [-0.2, 0) is 5.41 Å². The molecule has 1 aliphatic carbocycles. The number of nitrogens with one attached hydrogen (secondary N) is 1. The van der Waals surface area contributed by atoms with Crippen LogP contribution in [0.4, 0.5) is 0 Å². The Kier molecular flexibility index (Phi) is 7.75. The summed E-state index contributed by atoms with van der Waals surface area (Å²) in [6.07, 6.45) is 4.35. The third kappa shape index (κ3) is 5.22. The zero-order valence-electron chi connectivity index (χ0n) is 32.6. The second-order valence-corrected chi connectivity index (χ2v) is 15.6. The van der Waals surface area contributed by atoms with Gasteiger partial charge in [-0.05, 0) is 80.6 Å². The van der Waals surface area contributed by atoms with E-state index < -0.39 is 5.41 Å². The minimum absolute atomic E-state index is 0.497. The second-order valence-electron chi connectivity index (χ2n) is 15.6. The number of hydrogen-bond donors (Lipinski definition) is 1. The summed E-state index contributed by atoms with van der Waals surface area (Å²) in [5.41, 5.74) is 12.3. The summed E-state index contributed by atoms with van der Waals surface area (Å²) in [5.74, 6) is 2.95. The number of fused-ring (bicyclic) bond motifs is 7. The van der Waals surface area contributed by atoms with E-state index in [9.17, 15) is 0 Å². The maximum absolute atomic E-state index is 5.11. The fraction of sp³-hybridized carbons (Fsp3) is 0.0364. The van der Waals surface area contributed by atoms with Gasteiger partial charge in [0.25, 0.3) is 0 Å². The molecule has 1 N–H and O–H groups in total. The van der Waals surface area contributed by atoms with Gasteiger partial charge in [0.05, 0.1) is 16.4 Å². The highest BCUT2D eigenvalue weighted by molar-refractivity contribution is 6.12. The van der Waals surface area contributed by atoms with Gasteiger partial charge in [-0.15, -0.1) is 0 Å². The van der Waals surface area contributed by atoms with E-state index in [-0.39, 0.29) is 0 Å². The van der Waals surface area contributed by atoms with Crippen molar-refractivity contribution < 1.29 is 0 Å². The van der Waals surface area contributed by atoms with Gasteiger partial charge in [0.2, 0.25) is 0 Å². The fourth-order valence-corrected chi connectivity index (χ4v) is 9.65. The number of aromatic nitrogens is 4. The van der Waals surface area contributed by atoms with Crippen molar-refractivity contribution in [3.8, 4) is 33.9 Å². The van der Waals surface area contributed by atoms with Crippen LogP contribution in [0.15, 0.2) is 206 Å². The molecule has 1 aliphatic heterocycles. The molecule has 8 aromatic carbocycles. The van der Waals surface area contributed by atoms with Crippen LogP contribution in [-0.4, -0.2) is 26.1 Å². The Morgan fingerprint density at radius 3 is 1.82 bits per heavy atom. The third-order valence-electron chi connectivity index (χ3n) is 12.4. The predicted octanol–water partition coefficient (Wildman–Crippen LogP) is 12.3. The maximum atomic E-state index is 5.11. The first kappa shape index (κ1) is 34.2. The zero-order valence-corrected chi connectivity index (χ0v) is 32.6. The maximum Gasteiger partial charge on any atom is 0.164 e. The molecule has 0 fully saturated rings. The highest BCUT2D eigenvalue weighted by Gasteiger charge is 2.46. The summed E-state index contributed by atoms with van der Waals surface area (Å²) in [4.78, 5) is 15.2. The molecule has 0 radical (unpaired) electrons. The molecule has 12 rings (SSSR count). The molecule has 60 heavy (non-hydrogen) atoms. The number of dihydropyridines is 1. The van der Waals surface area contributed by atoms with Crippen molar-refractivity contribution in [3.63, 3.8) is 0 Å². The Balaban J connectivity index is 1.04. The van der Waals surface area contributed by atoms with Gasteiger partial charge in [-0.1, -0.05) is 170 Å². The fourth-order valence-electron chi connectivity index (χ4n) is 9.65. The molecule has 0 unspecified atom stereocenters. The molecular weight excluding hydrogens is 731 g/mol. The van der Waals surface area contributed by atoms with E-state index in [1.54, 1.807) is 0 Å². The molecule has 0 saturated carbocycles. The Bertz CT molecular complexity index is 3320. The van der Waals surface area contributed by atoms with Crippen molar-refractivity contribution in [3.05, 3.63) is 234 Å². The lowest BCUT2D eigenvalue weighted by molar-refractivity contribution is 0.769. The third-order valence-corrected chi connectivity index (χ3v) is 12.4. The first-order chi connectivity index (χ1) is 29.7. The lowest BCUT2D eigenvalue weighted by atomic mass is 9.67. The highest BCUT2D eigenvalue weighted by atomic mass is 15.2. The molecule has 10 aromatic rings. The van der Waals surface area contributed by atoms with Crippen LogP contribution in [0.1, 0.15) is 28.1 Å². The number of rotatable bonds is 6. The zero-order chi connectivity index (χ0) is 39.6. The van der Waals surface area contributed by atoms with Crippen molar-refractivity contribution in [1.82, 2.24) is 24.8 Å². The van der Waals surface area contributed by atoms with Crippen LogP contribution < -0.4 is 5.32 Å². The first-order valence-corrected chi connectivity index (χ1v) is 20.5. The molecule has 5 heteroatoms. The van der Waals surface area contributed by atoms with E-state index in [0.717, 1.165) is 38.9 Å². The van der Waals surface area contributed by atoms with Gasteiger partial charge in [0, 0.05) is 34.0 Å². The smallest absolute Gasteiger partial charge is 0.164 e. The molecule has 0 saturated heterocycles. The molecule has 0 spiro atoms. The lowest BCUT2D eigenvalue weighted by Crippen LogP contribution is -2.28. The SMILES string of the molecule is C1=C(c2nc(-c3ccccc3)nc(-c3ccc4ccccc4c3)n2)CNC(n2c3ccccc3c3cc4c(cc32)C(c2ccccc2)(c2ccccc2)c2ccccc2-4)=C1. The summed E-state index contributed by atoms with van der Waals surface area (Å²) in [5, 5.41) is 8.59. The number of benzene rings is 8. The lowest BCUT2D eigenvalue weighted by Gasteiger charge is -2.34. The summed E-state index contributed by atoms with van der Waals surface area (Å²) >= 11 is 0. The molecular formula is C55H37N5. The monoisotopic (exact) mass is 767 g/mol. The van der Waals surface area contributed by atoms with Crippen LogP contribution in [0, 0.1) is 0 Å². The second kappa shape index (κ2) is 13.6. The number of allylic oxidation sites excluding steroid dienone is 2. The first-order valence-electron chi connectivity index (χ1n) is 20.5. The Morgan fingerprint density at radius 2 is 1.07 bits per heavy atom. The molecule has 0 atom stereocenters. The van der Waals surface area contributed by atoms with Crippen LogP contribution in [0.3, 0.4) is 0 Å². The van der Waals surface area contributed by atoms with Gasteiger partial charge in [0.15, 0.2) is 17.5 Å². The molecule has 5 nitrogen and oxygen atoms in total. The molecule has 282 valence electrons. The number of para-hydroxylation sites is 1. The van der Waals surface area contributed by atoms with Crippen LogP contribution >= 0.6 is 0 Å². The van der Waals surface area contributed by atoms with E-state index in [1.165, 1.54) is 49.5 Å². The Morgan fingerprint density at radius 1 is 0.433 bits per heavy atom. The molecule has 2 aliphatic rings. The Labute approximate surface area is 347 Å². The molecule has 2 aromatic heterocycles. The van der Waals surface area contributed by atoms with Gasteiger partial charge >= 0.3 is 0 Å². The van der Waals surface area contributed by atoms with E-state index in [4.69, 9.17) is 15.0 Å². The molecule has 0 amide bonds. The van der Waals surface area contributed by atoms with E-state index in [1.807, 2.05) is 18.2 Å². The number of hydrogen-bond acceptors (Lipinski definition) is 4. The predicted molar refractivity (Wildman–Crippen MR) is 245 cm³/mol. The standard InChI is InChI=1S/C55H37N5/c1-4-17-37(18-5-1)52-57-53(39-29-28-36-16-10-11-19-38(36)32-39)59-54(58-52)40-30-31-51(56-35-40)60-49-27-15-13-25-44(49)46-33-45-43-24-12-14-26-47(43)55(48(45)34-50(46)60,41-20-6-2-7-21-41)42-22-8-3-9-23-42/h1-34,56H,35H2. The van der Waals surface area contributed by atoms with Crippen molar-refractivity contribution in [1.29, 1.82) is 0 Å². The summed E-state index contributed by atoms with van der Waals surface area (Å²) in [6, 6.07) is 69.6. The normalized spacial score (nSPS) is 14.1. The molecule has 3 heterocycles. The van der Waals surface area contributed by atoms with Crippen LogP contribution in [0.25, 0.3) is 77.9 Å². The average molecular weight is 768 g/mol. The van der Waals surface area contributed by atoms with Crippen LogP contribution in [0.2, 0.25) is 0 Å². The quantitative estimate of drug-likeness (QED) is 0.183. The van der Waals surface area contributed by atoms with Crippen molar-refractivity contribution >= 4 is 44.0 Å². The Hall–Kier alpha value is -7.89. The summed E-state index contributed by atoms with van der Waals surface area (Å²) < 4.78 is 2.39. The van der Waals surface area contributed by atoms with Crippen molar-refractivity contribution in [2.24, 2.45) is 0 Å². The largest absolute Gasteiger partial charge is 0.367 e. The minimum atomic E-state index is -0.497. The average Bonchev–Trinajstić information content (AvgIpc) is 3.81. The van der Waals surface area contributed by atoms with Gasteiger partial charge in [-0.3, -0.25) is 4.57 Å². The number of nitrogens with zero attached hydrogens (tertiary/aromatic N) is 4.